The van der Waals surface area contributed by atoms with Gasteiger partial charge < -0.3 is 15.7 Å². The Morgan fingerprint density at radius 3 is 2.18 bits per heavy atom. The van der Waals surface area contributed by atoms with Gasteiger partial charge in [0.2, 0.25) is 0 Å². The molecule has 0 bridgehead atoms. The first-order valence-electron chi connectivity index (χ1n) is 7.86. The second kappa shape index (κ2) is 7.29. The highest BCUT2D eigenvalue weighted by Crippen LogP contribution is 2.24. The molecule has 0 aromatic heterocycles. The number of anilines is 1. The number of urea groups is 1. The van der Waals surface area contributed by atoms with Crippen molar-refractivity contribution in [1.82, 2.24) is 5.32 Å². The Hall–Kier alpha value is -2.04. The van der Waals surface area contributed by atoms with Crippen LogP contribution in [0.25, 0.3) is 0 Å². The summed E-state index contributed by atoms with van der Waals surface area (Å²) < 4.78 is 0. The fourth-order valence-corrected chi connectivity index (χ4v) is 2.79. The molecule has 0 aliphatic heterocycles. The van der Waals surface area contributed by atoms with Crippen LogP contribution >= 0.6 is 0 Å². The van der Waals surface area contributed by atoms with E-state index in [0.717, 1.165) is 18.5 Å². The molecule has 0 saturated heterocycles. The molecule has 5 nitrogen and oxygen atoms in total. The van der Waals surface area contributed by atoms with Crippen LogP contribution < -0.4 is 10.6 Å². The lowest BCUT2D eigenvalue weighted by Gasteiger charge is -2.26. The second-order valence-corrected chi connectivity index (χ2v) is 6.26. The van der Waals surface area contributed by atoms with Crippen LogP contribution in [0.2, 0.25) is 0 Å². The van der Waals surface area contributed by atoms with Crippen LogP contribution in [-0.4, -0.2) is 23.1 Å². The van der Waals surface area contributed by atoms with Crippen molar-refractivity contribution in [3.63, 3.8) is 0 Å². The minimum Gasteiger partial charge on any atom is -0.481 e. The summed E-state index contributed by atoms with van der Waals surface area (Å²) in [5.74, 6) is -0.523. The standard InChI is InChI=1S/C17H24N2O3/c1-11(2)12-3-7-14(8-4-12)18-17(22)19-15-9-5-13(6-10-15)16(20)21/h3-4,7-8,11,13,15H,5-6,9-10H2,1-2H3,(H,20,21)(H2,18,19,22). The van der Waals surface area contributed by atoms with Crippen molar-refractivity contribution < 1.29 is 14.7 Å². The number of amides is 2. The molecule has 0 unspecified atom stereocenters. The number of aliphatic carboxylic acids is 1. The van der Waals surface area contributed by atoms with Crippen LogP contribution in [0.4, 0.5) is 10.5 Å². The molecule has 0 atom stereocenters. The molecule has 1 aromatic carbocycles. The van der Waals surface area contributed by atoms with Gasteiger partial charge in [-0.05, 0) is 49.3 Å². The quantitative estimate of drug-likeness (QED) is 0.795. The van der Waals surface area contributed by atoms with Crippen molar-refractivity contribution in [2.45, 2.75) is 51.5 Å². The molecule has 0 radical (unpaired) electrons. The molecule has 22 heavy (non-hydrogen) atoms. The lowest BCUT2D eigenvalue weighted by Crippen LogP contribution is -2.40. The van der Waals surface area contributed by atoms with Crippen LogP contribution in [0.3, 0.4) is 0 Å². The average molecular weight is 304 g/mol. The van der Waals surface area contributed by atoms with Gasteiger partial charge in [0.05, 0.1) is 5.92 Å². The Morgan fingerprint density at radius 2 is 1.68 bits per heavy atom. The maximum atomic E-state index is 12.0. The highest BCUT2D eigenvalue weighted by molar-refractivity contribution is 5.89. The summed E-state index contributed by atoms with van der Waals surface area (Å²) in [6, 6.07) is 7.66. The van der Waals surface area contributed by atoms with Crippen LogP contribution in [0.1, 0.15) is 51.0 Å². The van der Waals surface area contributed by atoms with Gasteiger partial charge in [-0.1, -0.05) is 26.0 Å². The van der Waals surface area contributed by atoms with Gasteiger partial charge in [0.1, 0.15) is 0 Å². The molecule has 1 aliphatic rings. The predicted octanol–water partition coefficient (Wildman–Crippen LogP) is 3.57. The molecule has 3 N–H and O–H groups in total. The van der Waals surface area contributed by atoms with Crippen molar-refractivity contribution in [1.29, 1.82) is 0 Å². The highest BCUT2D eigenvalue weighted by atomic mass is 16.4. The zero-order chi connectivity index (χ0) is 16.1. The number of rotatable bonds is 4. The Balaban J connectivity index is 1.80. The largest absolute Gasteiger partial charge is 0.481 e. The van der Waals surface area contributed by atoms with Crippen LogP contribution in [0.15, 0.2) is 24.3 Å². The minimum atomic E-state index is -0.729. The Bertz CT molecular complexity index is 517. The number of carboxylic acid groups (broad SMARTS) is 1. The van der Waals surface area contributed by atoms with E-state index in [1.165, 1.54) is 5.56 Å². The van der Waals surface area contributed by atoms with Crippen molar-refractivity contribution in [3.05, 3.63) is 29.8 Å². The van der Waals surface area contributed by atoms with E-state index in [-0.39, 0.29) is 18.0 Å². The molecule has 1 aromatic rings. The molecule has 0 heterocycles. The number of benzene rings is 1. The first-order chi connectivity index (χ1) is 10.5. The second-order valence-electron chi connectivity index (χ2n) is 6.26. The average Bonchev–Trinajstić information content (AvgIpc) is 2.48. The Morgan fingerprint density at radius 1 is 1.09 bits per heavy atom. The first-order valence-corrected chi connectivity index (χ1v) is 7.86. The predicted molar refractivity (Wildman–Crippen MR) is 86.1 cm³/mol. The maximum Gasteiger partial charge on any atom is 0.319 e. The third-order valence-corrected chi connectivity index (χ3v) is 4.25. The maximum absolute atomic E-state index is 12.0. The molecule has 120 valence electrons. The van der Waals surface area contributed by atoms with E-state index in [1.807, 2.05) is 24.3 Å². The molecular formula is C17H24N2O3. The van der Waals surface area contributed by atoms with Crippen molar-refractivity contribution in [2.24, 2.45) is 5.92 Å². The van der Waals surface area contributed by atoms with E-state index >= 15 is 0 Å². The van der Waals surface area contributed by atoms with Crippen LogP contribution in [0, 0.1) is 5.92 Å². The van der Waals surface area contributed by atoms with Gasteiger partial charge in [-0.2, -0.15) is 0 Å². The van der Waals surface area contributed by atoms with E-state index in [2.05, 4.69) is 24.5 Å². The third kappa shape index (κ3) is 4.48. The van der Waals surface area contributed by atoms with Crippen LogP contribution in [-0.2, 0) is 4.79 Å². The zero-order valence-corrected chi connectivity index (χ0v) is 13.1. The number of nitrogens with one attached hydrogen (secondary N) is 2. The van der Waals surface area contributed by atoms with Gasteiger partial charge in [0.25, 0.3) is 0 Å². The summed E-state index contributed by atoms with van der Waals surface area (Å²) in [7, 11) is 0. The monoisotopic (exact) mass is 304 g/mol. The number of hydrogen-bond acceptors (Lipinski definition) is 2. The zero-order valence-electron chi connectivity index (χ0n) is 13.1. The SMILES string of the molecule is CC(C)c1ccc(NC(=O)NC2CCC(C(=O)O)CC2)cc1. The summed E-state index contributed by atoms with van der Waals surface area (Å²) in [6.07, 6.45) is 2.69. The lowest BCUT2D eigenvalue weighted by molar-refractivity contribution is -0.142. The lowest BCUT2D eigenvalue weighted by atomic mass is 9.86. The number of hydrogen-bond donors (Lipinski definition) is 3. The van der Waals surface area contributed by atoms with Gasteiger partial charge in [-0.25, -0.2) is 4.79 Å². The van der Waals surface area contributed by atoms with E-state index in [4.69, 9.17) is 5.11 Å². The third-order valence-electron chi connectivity index (χ3n) is 4.25. The van der Waals surface area contributed by atoms with E-state index in [1.54, 1.807) is 0 Å². The number of carboxylic acids is 1. The summed E-state index contributed by atoms with van der Waals surface area (Å²) >= 11 is 0. The molecule has 0 spiro atoms. The molecule has 1 fully saturated rings. The molecular weight excluding hydrogens is 280 g/mol. The van der Waals surface area contributed by atoms with Crippen molar-refractivity contribution >= 4 is 17.7 Å². The summed E-state index contributed by atoms with van der Waals surface area (Å²) in [4.78, 5) is 22.9. The van der Waals surface area contributed by atoms with Gasteiger partial charge in [-0.3, -0.25) is 4.79 Å². The topological polar surface area (TPSA) is 78.4 Å². The summed E-state index contributed by atoms with van der Waals surface area (Å²) in [5.41, 5.74) is 2.00. The molecule has 5 heteroatoms. The smallest absolute Gasteiger partial charge is 0.319 e. The minimum absolute atomic E-state index is 0.0607. The van der Waals surface area contributed by atoms with E-state index in [9.17, 15) is 9.59 Å². The summed E-state index contributed by atoms with van der Waals surface area (Å²) in [6.45, 7) is 4.26. The Labute approximate surface area is 131 Å². The number of carbonyl (C=O) groups excluding carboxylic acids is 1. The fraction of sp³-hybridized carbons (Fsp3) is 0.529. The fourth-order valence-electron chi connectivity index (χ4n) is 2.79. The first kappa shape index (κ1) is 16.3. The number of carbonyl (C=O) groups is 2. The molecule has 2 rings (SSSR count). The molecule has 1 aliphatic carbocycles. The molecule has 1 saturated carbocycles. The van der Waals surface area contributed by atoms with Crippen molar-refractivity contribution in [2.75, 3.05) is 5.32 Å². The highest BCUT2D eigenvalue weighted by Gasteiger charge is 2.26. The van der Waals surface area contributed by atoms with Gasteiger partial charge in [-0.15, -0.1) is 0 Å². The van der Waals surface area contributed by atoms with Crippen molar-refractivity contribution in [3.8, 4) is 0 Å². The normalized spacial score (nSPS) is 21.4. The van der Waals surface area contributed by atoms with Gasteiger partial charge in [0.15, 0.2) is 0 Å². The van der Waals surface area contributed by atoms with Crippen LogP contribution in [0.5, 0.6) is 0 Å². The van der Waals surface area contributed by atoms with E-state index < -0.39 is 5.97 Å². The Kier molecular flexibility index (Phi) is 5.41. The van der Waals surface area contributed by atoms with Gasteiger partial charge >= 0.3 is 12.0 Å². The van der Waals surface area contributed by atoms with E-state index in [0.29, 0.717) is 18.8 Å². The summed E-state index contributed by atoms with van der Waals surface area (Å²) in [5, 5.41) is 14.7. The van der Waals surface area contributed by atoms with Gasteiger partial charge in [0, 0.05) is 11.7 Å². The molecule has 2 amide bonds.